The number of hydrogen-bond donors (Lipinski definition) is 2. The van der Waals surface area contributed by atoms with Crippen molar-refractivity contribution in [3.63, 3.8) is 0 Å². The molecule has 136 valence electrons. The predicted molar refractivity (Wildman–Crippen MR) is 97.3 cm³/mol. The topological polar surface area (TPSA) is 105 Å². The number of carbonyl (C=O) groups excluding carboxylic acids is 1. The van der Waals surface area contributed by atoms with Crippen molar-refractivity contribution in [3.05, 3.63) is 53.7 Å². The first-order valence-corrected chi connectivity index (χ1v) is 9.46. The molecule has 0 radical (unpaired) electrons. The van der Waals surface area contributed by atoms with Crippen LogP contribution in [-0.4, -0.2) is 35.0 Å². The highest BCUT2D eigenvalue weighted by Crippen LogP contribution is 2.12. The molecule has 3 aromatic rings. The maximum absolute atomic E-state index is 12.4. The highest BCUT2D eigenvalue weighted by molar-refractivity contribution is 7.89. The van der Waals surface area contributed by atoms with Crippen LogP contribution < -0.4 is 10.0 Å². The molecular formula is C17H19N5O3S. The lowest BCUT2D eigenvalue weighted by molar-refractivity contribution is -0.117. The molecule has 0 aliphatic rings. The third-order valence-electron chi connectivity index (χ3n) is 3.86. The van der Waals surface area contributed by atoms with Gasteiger partial charge in [0.25, 0.3) is 0 Å². The standard InChI is InChI=1S/C17H19N5O3S/c1-11-4-6-14(7-5-11)26(24,25)21-13(3)16(23)18-17-20-19-15-10-12(2)8-9-22(15)17/h4-10,13,21H,1-3H3,(H,18,20,23)/t13-/m0/s1. The van der Waals surface area contributed by atoms with Crippen LogP contribution in [-0.2, 0) is 14.8 Å². The number of aromatic nitrogens is 3. The maximum Gasteiger partial charge on any atom is 0.244 e. The lowest BCUT2D eigenvalue weighted by atomic mass is 10.2. The minimum absolute atomic E-state index is 0.103. The fraction of sp³-hybridized carbons (Fsp3) is 0.235. The molecule has 0 bridgehead atoms. The van der Waals surface area contributed by atoms with Gasteiger partial charge in [-0.3, -0.25) is 14.5 Å². The fourth-order valence-electron chi connectivity index (χ4n) is 2.37. The molecule has 1 atom stereocenters. The number of benzene rings is 1. The van der Waals surface area contributed by atoms with Crippen molar-refractivity contribution < 1.29 is 13.2 Å². The molecule has 0 aliphatic heterocycles. The van der Waals surface area contributed by atoms with E-state index in [9.17, 15) is 13.2 Å². The maximum atomic E-state index is 12.4. The monoisotopic (exact) mass is 373 g/mol. The fourth-order valence-corrected chi connectivity index (χ4v) is 3.57. The highest BCUT2D eigenvalue weighted by atomic mass is 32.2. The Morgan fingerprint density at radius 1 is 1.08 bits per heavy atom. The third-order valence-corrected chi connectivity index (χ3v) is 5.41. The zero-order valence-corrected chi connectivity index (χ0v) is 15.4. The molecule has 8 nitrogen and oxygen atoms in total. The Balaban J connectivity index is 1.74. The largest absolute Gasteiger partial charge is 0.293 e. The molecule has 0 saturated carbocycles. The summed E-state index contributed by atoms with van der Waals surface area (Å²) in [6.45, 7) is 5.26. The first kappa shape index (κ1) is 18.0. The first-order valence-electron chi connectivity index (χ1n) is 7.97. The summed E-state index contributed by atoms with van der Waals surface area (Å²) in [7, 11) is -3.80. The van der Waals surface area contributed by atoms with E-state index in [0.29, 0.717) is 5.65 Å². The van der Waals surface area contributed by atoms with E-state index in [-0.39, 0.29) is 10.8 Å². The minimum atomic E-state index is -3.80. The number of amides is 1. The van der Waals surface area contributed by atoms with Crippen LogP contribution in [0.2, 0.25) is 0 Å². The van der Waals surface area contributed by atoms with E-state index < -0.39 is 22.0 Å². The SMILES string of the molecule is Cc1ccc(S(=O)(=O)N[C@@H](C)C(=O)Nc2nnc3cc(C)ccn23)cc1. The number of aryl methyl sites for hydroxylation is 2. The number of sulfonamides is 1. The lowest BCUT2D eigenvalue weighted by Crippen LogP contribution is -2.41. The normalized spacial score (nSPS) is 12.9. The Kier molecular flexibility index (Phi) is 4.75. The summed E-state index contributed by atoms with van der Waals surface area (Å²) >= 11 is 0. The van der Waals surface area contributed by atoms with Gasteiger partial charge >= 0.3 is 0 Å². The van der Waals surface area contributed by atoms with E-state index in [1.54, 1.807) is 22.7 Å². The Labute approximate surface area is 151 Å². The quantitative estimate of drug-likeness (QED) is 0.707. The smallest absolute Gasteiger partial charge is 0.244 e. The van der Waals surface area contributed by atoms with Crippen LogP contribution in [0.3, 0.4) is 0 Å². The number of rotatable bonds is 5. The number of anilines is 1. The molecule has 2 heterocycles. The molecule has 9 heteroatoms. The van der Waals surface area contributed by atoms with Crippen LogP contribution in [0.25, 0.3) is 5.65 Å². The second-order valence-corrected chi connectivity index (χ2v) is 7.82. The number of fused-ring (bicyclic) bond motifs is 1. The van der Waals surface area contributed by atoms with Crippen molar-refractivity contribution in [2.24, 2.45) is 0 Å². The van der Waals surface area contributed by atoms with E-state index in [2.05, 4.69) is 20.2 Å². The summed E-state index contributed by atoms with van der Waals surface area (Å²) in [5.41, 5.74) is 2.55. The van der Waals surface area contributed by atoms with Gasteiger partial charge in [-0.1, -0.05) is 17.7 Å². The first-order chi connectivity index (χ1) is 12.3. The lowest BCUT2D eigenvalue weighted by Gasteiger charge is -2.14. The van der Waals surface area contributed by atoms with Gasteiger partial charge in [0, 0.05) is 6.20 Å². The van der Waals surface area contributed by atoms with Crippen molar-refractivity contribution in [3.8, 4) is 0 Å². The van der Waals surface area contributed by atoms with Crippen LogP contribution in [0.4, 0.5) is 5.95 Å². The number of nitrogens with one attached hydrogen (secondary N) is 2. The molecule has 1 amide bonds. The van der Waals surface area contributed by atoms with Gasteiger partial charge in [-0.05, 0) is 50.6 Å². The summed E-state index contributed by atoms with van der Waals surface area (Å²) in [6, 6.07) is 9.08. The van der Waals surface area contributed by atoms with Crippen LogP contribution in [0.1, 0.15) is 18.1 Å². The average Bonchev–Trinajstić information content (AvgIpc) is 2.96. The third kappa shape index (κ3) is 3.73. The molecular weight excluding hydrogens is 354 g/mol. The Morgan fingerprint density at radius 2 is 1.77 bits per heavy atom. The molecule has 0 unspecified atom stereocenters. The summed E-state index contributed by atoms with van der Waals surface area (Å²) in [5.74, 6) is -0.304. The van der Waals surface area contributed by atoms with Crippen molar-refractivity contribution in [1.29, 1.82) is 0 Å². The Bertz CT molecular complexity index is 1060. The van der Waals surface area contributed by atoms with Gasteiger partial charge in [-0.25, -0.2) is 8.42 Å². The van der Waals surface area contributed by atoms with Gasteiger partial charge in [0.15, 0.2) is 5.65 Å². The van der Waals surface area contributed by atoms with E-state index >= 15 is 0 Å². The summed E-state index contributed by atoms with van der Waals surface area (Å²) in [5, 5.41) is 10.5. The van der Waals surface area contributed by atoms with Crippen LogP contribution in [0, 0.1) is 13.8 Å². The minimum Gasteiger partial charge on any atom is -0.293 e. The van der Waals surface area contributed by atoms with Gasteiger partial charge in [0.1, 0.15) is 0 Å². The number of nitrogens with zero attached hydrogens (tertiary/aromatic N) is 3. The zero-order valence-electron chi connectivity index (χ0n) is 14.6. The average molecular weight is 373 g/mol. The van der Waals surface area contributed by atoms with E-state index in [4.69, 9.17) is 0 Å². The van der Waals surface area contributed by atoms with Crippen molar-refractivity contribution in [2.75, 3.05) is 5.32 Å². The zero-order chi connectivity index (χ0) is 18.9. The molecule has 26 heavy (non-hydrogen) atoms. The number of pyridine rings is 1. The summed E-state index contributed by atoms with van der Waals surface area (Å²) in [6.07, 6.45) is 1.74. The second kappa shape index (κ2) is 6.85. The summed E-state index contributed by atoms with van der Waals surface area (Å²) in [4.78, 5) is 12.5. The second-order valence-electron chi connectivity index (χ2n) is 6.10. The molecule has 0 spiro atoms. The van der Waals surface area contributed by atoms with Crippen LogP contribution in [0.15, 0.2) is 47.5 Å². The Morgan fingerprint density at radius 3 is 2.46 bits per heavy atom. The van der Waals surface area contributed by atoms with Crippen molar-refractivity contribution >= 4 is 27.5 Å². The Hall–Kier alpha value is -2.78. The van der Waals surface area contributed by atoms with Crippen LogP contribution in [0.5, 0.6) is 0 Å². The molecule has 3 rings (SSSR count). The molecule has 0 saturated heterocycles. The van der Waals surface area contributed by atoms with Crippen molar-refractivity contribution in [1.82, 2.24) is 19.3 Å². The molecule has 0 fully saturated rings. The number of hydrogen-bond acceptors (Lipinski definition) is 5. The van der Waals surface area contributed by atoms with E-state index in [0.717, 1.165) is 11.1 Å². The number of carbonyl (C=O) groups is 1. The van der Waals surface area contributed by atoms with Gasteiger partial charge in [0.2, 0.25) is 21.9 Å². The summed E-state index contributed by atoms with van der Waals surface area (Å²) < 4.78 is 28.8. The van der Waals surface area contributed by atoms with Crippen molar-refractivity contribution in [2.45, 2.75) is 31.7 Å². The molecule has 2 aromatic heterocycles. The van der Waals surface area contributed by atoms with E-state index in [1.807, 2.05) is 26.0 Å². The van der Waals surface area contributed by atoms with Gasteiger partial charge in [0.05, 0.1) is 10.9 Å². The molecule has 2 N–H and O–H groups in total. The molecule has 1 aromatic carbocycles. The predicted octanol–water partition coefficient (Wildman–Crippen LogP) is 1.65. The van der Waals surface area contributed by atoms with Crippen LogP contribution >= 0.6 is 0 Å². The van der Waals surface area contributed by atoms with Gasteiger partial charge < -0.3 is 0 Å². The van der Waals surface area contributed by atoms with Gasteiger partial charge in [-0.15, -0.1) is 10.2 Å². The van der Waals surface area contributed by atoms with Gasteiger partial charge in [-0.2, -0.15) is 4.72 Å². The van der Waals surface area contributed by atoms with E-state index in [1.165, 1.54) is 19.1 Å². The highest BCUT2D eigenvalue weighted by Gasteiger charge is 2.23. The molecule has 0 aliphatic carbocycles.